The molecule has 12 nitrogen and oxygen atoms in total. The van der Waals surface area contributed by atoms with Gasteiger partial charge < -0.3 is 10.1 Å². The third-order valence-electron chi connectivity index (χ3n) is 5.25. The summed E-state index contributed by atoms with van der Waals surface area (Å²) < 4.78 is 9.60. The van der Waals surface area contributed by atoms with Gasteiger partial charge in [0.1, 0.15) is 25.0 Å². The van der Waals surface area contributed by atoms with Crippen LogP contribution >= 0.6 is 0 Å². The first-order valence-electron chi connectivity index (χ1n) is 10.5. The molecule has 4 aromatic heterocycles. The molecular formula is C22H22N10O2. The van der Waals surface area contributed by atoms with E-state index in [0.717, 1.165) is 22.1 Å². The maximum Gasteiger partial charge on any atom is 0.327 e. The van der Waals surface area contributed by atoms with E-state index in [1.165, 1.54) is 24.4 Å². The fourth-order valence-corrected chi connectivity index (χ4v) is 3.56. The Hall–Kier alpha value is -4.74. The Morgan fingerprint density at radius 2 is 2.00 bits per heavy atom. The van der Waals surface area contributed by atoms with Crippen LogP contribution in [0.4, 0.5) is 11.8 Å². The van der Waals surface area contributed by atoms with Crippen LogP contribution in [0.2, 0.25) is 0 Å². The summed E-state index contributed by atoms with van der Waals surface area (Å²) in [7, 11) is 3.23. The number of hydrogen-bond acceptors (Lipinski definition) is 9. The normalized spacial score (nSPS) is 11.0. The summed E-state index contributed by atoms with van der Waals surface area (Å²) in [6.07, 6.45) is 8.50. The minimum Gasteiger partial charge on any atom is -0.468 e. The minimum atomic E-state index is -0.424. The Balaban J connectivity index is 1.34. The number of ether oxygens (including phenoxy) is 1. The number of esters is 1. The lowest BCUT2D eigenvalue weighted by atomic mass is 10.1. The molecule has 5 rings (SSSR count). The number of nitrogens with one attached hydrogen (secondary N) is 2. The van der Waals surface area contributed by atoms with E-state index in [0.29, 0.717) is 24.0 Å². The van der Waals surface area contributed by atoms with E-state index in [1.807, 2.05) is 37.8 Å². The third-order valence-corrected chi connectivity index (χ3v) is 5.25. The molecular weight excluding hydrogens is 436 g/mol. The van der Waals surface area contributed by atoms with Crippen molar-refractivity contribution in [2.45, 2.75) is 13.1 Å². The van der Waals surface area contributed by atoms with E-state index in [1.54, 1.807) is 9.36 Å². The molecule has 4 heterocycles. The molecule has 0 saturated heterocycles. The van der Waals surface area contributed by atoms with E-state index >= 15 is 0 Å². The summed E-state index contributed by atoms with van der Waals surface area (Å²) in [6, 6.07) is 10.2. The molecule has 172 valence electrons. The number of nitrogens with zero attached hydrogens (tertiary/aromatic N) is 8. The number of anilines is 2. The Morgan fingerprint density at radius 3 is 2.82 bits per heavy atom. The second-order valence-electron chi connectivity index (χ2n) is 7.53. The SMILES string of the molecule is COC(=O)Cn1ncnc1Nn1ccc2c(NCc3cccc(-c4cnn(C)c4)c3)ncnc21. The smallest absolute Gasteiger partial charge is 0.327 e. The summed E-state index contributed by atoms with van der Waals surface area (Å²) in [5.41, 5.74) is 7.04. The van der Waals surface area contributed by atoms with Gasteiger partial charge in [-0.1, -0.05) is 18.2 Å². The highest BCUT2D eigenvalue weighted by Gasteiger charge is 2.13. The van der Waals surface area contributed by atoms with Gasteiger partial charge in [0.05, 0.1) is 18.7 Å². The van der Waals surface area contributed by atoms with Crippen molar-refractivity contribution in [2.75, 3.05) is 17.9 Å². The molecule has 2 N–H and O–H groups in total. The van der Waals surface area contributed by atoms with Crippen molar-refractivity contribution in [3.05, 3.63) is 67.1 Å². The first kappa shape index (κ1) is 21.1. The summed E-state index contributed by atoms with van der Waals surface area (Å²) >= 11 is 0. The molecule has 12 heteroatoms. The minimum absolute atomic E-state index is 0.0576. The quantitative estimate of drug-likeness (QED) is 0.336. The second-order valence-corrected chi connectivity index (χ2v) is 7.53. The average Bonchev–Trinajstić information content (AvgIpc) is 3.59. The molecule has 0 amide bonds. The molecule has 0 aliphatic carbocycles. The third kappa shape index (κ3) is 4.28. The topological polar surface area (TPSA) is 130 Å². The number of carbonyl (C=O) groups excluding carboxylic acids is 1. The largest absolute Gasteiger partial charge is 0.468 e. The summed E-state index contributed by atoms with van der Waals surface area (Å²) in [4.78, 5) is 24.6. The van der Waals surface area contributed by atoms with Crippen molar-refractivity contribution >= 4 is 28.8 Å². The molecule has 0 bridgehead atoms. The number of fused-ring (bicyclic) bond motifs is 1. The van der Waals surface area contributed by atoms with Crippen LogP contribution in [0, 0.1) is 0 Å². The lowest BCUT2D eigenvalue weighted by Gasteiger charge is -2.10. The van der Waals surface area contributed by atoms with Gasteiger partial charge in [0, 0.05) is 31.5 Å². The predicted molar refractivity (Wildman–Crippen MR) is 125 cm³/mol. The van der Waals surface area contributed by atoms with Crippen molar-refractivity contribution in [3.8, 4) is 11.1 Å². The average molecular weight is 458 g/mol. The number of carbonyl (C=O) groups is 1. The van der Waals surface area contributed by atoms with Gasteiger partial charge in [-0.2, -0.15) is 15.2 Å². The first-order valence-corrected chi connectivity index (χ1v) is 10.5. The van der Waals surface area contributed by atoms with Crippen LogP contribution in [0.3, 0.4) is 0 Å². The van der Waals surface area contributed by atoms with Gasteiger partial charge in [0.15, 0.2) is 5.65 Å². The van der Waals surface area contributed by atoms with Gasteiger partial charge in [-0.05, 0) is 23.3 Å². The van der Waals surface area contributed by atoms with E-state index in [9.17, 15) is 4.79 Å². The standard InChI is InChI=1S/C22H22N10O2/c1-30-11-17(10-27-30)16-5-3-4-15(8-16)9-23-20-18-6-7-31(21(18)25-13-24-20)29-22-26-14-28-32(22)12-19(33)34-2/h3-8,10-11,13-14H,9,12H2,1-2H3,(H,23,24,25)(H,26,28,29). The van der Waals surface area contributed by atoms with Crippen LogP contribution in [-0.2, 0) is 29.7 Å². The van der Waals surface area contributed by atoms with Gasteiger partial charge in [-0.25, -0.2) is 19.3 Å². The molecule has 0 atom stereocenters. The maximum absolute atomic E-state index is 11.6. The van der Waals surface area contributed by atoms with Crippen LogP contribution in [0.25, 0.3) is 22.2 Å². The molecule has 0 radical (unpaired) electrons. The van der Waals surface area contributed by atoms with Crippen molar-refractivity contribution in [2.24, 2.45) is 7.05 Å². The van der Waals surface area contributed by atoms with Gasteiger partial charge in [0.2, 0.25) is 5.95 Å². The number of methoxy groups -OCH3 is 1. The Labute approximate surface area is 194 Å². The molecule has 0 spiro atoms. The maximum atomic E-state index is 11.6. The second kappa shape index (κ2) is 9.02. The first-order chi connectivity index (χ1) is 16.6. The zero-order valence-electron chi connectivity index (χ0n) is 18.6. The zero-order valence-corrected chi connectivity index (χ0v) is 18.6. The number of aryl methyl sites for hydroxylation is 1. The van der Waals surface area contributed by atoms with E-state index in [-0.39, 0.29) is 6.54 Å². The summed E-state index contributed by atoms with van der Waals surface area (Å²) in [5.74, 6) is 0.656. The molecule has 5 aromatic rings. The van der Waals surface area contributed by atoms with Crippen molar-refractivity contribution in [1.82, 2.24) is 39.2 Å². The van der Waals surface area contributed by atoms with Crippen molar-refractivity contribution < 1.29 is 9.53 Å². The number of rotatable bonds is 8. The zero-order chi connectivity index (χ0) is 23.5. The molecule has 0 aliphatic heterocycles. The molecule has 34 heavy (non-hydrogen) atoms. The highest BCUT2D eigenvalue weighted by atomic mass is 16.5. The van der Waals surface area contributed by atoms with Gasteiger partial charge >= 0.3 is 5.97 Å². The van der Waals surface area contributed by atoms with Crippen LogP contribution in [0.5, 0.6) is 0 Å². The van der Waals surface area contributed by atoms with Gasteiger partial charge in [-0.15, -0.1) is 0 Å². The molecule has 0 unspecified atom stereocenters. The van der Waals surface area contributed by atoms with Crippen LogP contribution in [0.15, 0.2) is 61.6 Å². The molecule has 0 saturated carbocycles. The van der Waals surface area contributed by atoms with Gasteiger partial charge in [-0.3, -0.25) is 14.9 Å². The molecule has 0 fully saturated rings. The lowest BCUT2D eigenvalue weighted by molar-refractivity contribution is -0.141. The summed E-state index contributed by atoms with van der Waals surface area (Å²) in [6.45, 7) is 0.532. The fourth-order valence-electron chi connectivity index (χ4n) is 3.56. The number of aromatic nitrogens is 8. The van der Waals surface area contributed by atoms with E-state index < -0.39 is 5.97 Å². The van der Waals surface area contributed by atoms with Gasteiger partial charge in [0.25, 0.3) is 0 Å². The Morgan fingerprint density at radius 1 is 1.09 bits per heavy atom. The molecule has 1 aromatic carbocycles. The van der Waals surface area contributed by atoms with Crippen molar-refractivity contribution in [3.63, 3.8) is 0 Å². The van der Waals surface area contributed by atoms with Crippen molar-refractivity contribution in [1.29, 1.82) is 0 Å². The highest BCUT2D eigenvalue weighted by Crippen LogP contribution is 2.23. The Kier molecular flexibility index (Phi) is 5.60. The summed E-state index contributed by atoms with van der Waals surface area (Å²) in [5, 5.41) is 12.5. The van der Waals surface area contributed by atoms with E-state index in [2.05, 4.69) is 54.1 Å². The predicted octanol–water partition coefficient (Wildman–Crippen LogP) is 2.08. The van der Waals surface area contributed by atoms with Crippen LogP contribution in [-0.4, -0.2) is 52.3 Å². The monoisotopic (exact) mass is 458 g/mol. The fraction of sp³-hybridized carbons (Fsp3) is 0.182. The lowest BCUT2D eigenvalue weighted by Crippen LogP contribution is -2.18. The highest BCUT2D eigenvalue weighted by molar-refractivity contribution is 5.87. The van der Waals surface area contributed by atoms with Crippen LogP contribution < -0.4 is 10.7 Å². The van der Waals surface area contributed by atoms with E-state index in [4.69, 9.17) is 4.74 Å². The molecule has 0 aliphatic rings. The van der Waals surface area contributed by atoms with Crippen LogP contribution in [0.1, 0.15) is 5.56 Å². The Bertz CT molecular complexity index is 1450. The number of hydrogen-bond donors (Lipinski definition) is 2. The number of benzene rings is 1.